The summed E-state index contributed by atoms with van der Waals surface area (Å²) in [5.41, 5.74) is -0.847. The van der Waals surface area contributed by atoms with Crippen molar-refractivity contribution in [1.82, 2.24) is 5.32 Å². The molecule has 1 aliphatic carbocycles. The third-order valence-electron chi connectivity index (χ3n) is 3.28. The minimum absolute atomic E-state index is 0.172. The van der Waals surface area contributed by atoms with Gasteiger partial charge in [-0.3, -0.25) is 4.79 Å². The van der Waals surface area contributed by atoms with Crippen LogP contribution in [0, 0.1) is 5.41 Å². The largest absolute Gasteiger partial charge is 0.444 e. The molecule has 1 amide bonds. The summed E-state index contributed by atoms with van der Waals surface area (Å²) in [7, 11) is 0. The summed E-state index contributed by atoms with van der Waals surface area (Å²) in [5.74, 6) is 0.172. The number of carbonyl (C=O) groups excluding carboxylic acids is 2. The van der Waals surface area contributed by atoms with Crippen LogP contribution in [0.5, 0.6) is 0 Å². The van der Waals surface area contributed by atoms with E-state index in [0.717, 1.165) is 25.7 Å². The first-order valence-corrected chi connectivity index (χ1v) is 6.23. The summed E-state index contributed by atoms with van der Waals surface area (Å²) in [6, 6.07) is 0. The van der Waals surface area contributed by atoms with Gasteiger partial charge in [0.1, 0.15) is 11.4 Å². The zero-order chi connectivity index (χ0) is 13.1. The number of Topliss-reactive ketones (excluding diaryl/α,β-unsaturated/α-hetero) is 1. The molecule has 1 aliphatic rings. The first-order valence-electron chi connectivity index (χ1n) is 6.23. The lowest BCUT2D eigenvalue weighted by atomic mass is 9.82. The highest BCUT2D eigenvalue weighted by molar-refractivity contribution is 5.83. The van der Waals surface area contributed by atoms with Gasteiger partial charge in [0.05, 0.1) is 0 Å². The van der Waals surface area contributed by atoms with Gasteiger partial charge in [-0.25, -0.2) is 4.79 Å². The topological polar surface area (TPSA) is 55.4 Å². The van der Waals surface area contributed by atoms with Crippen molar-refractivity contribution in [2.24, 2.45) is 5.41 Å². The SMILES string of the molecule is CC(=O)C1(CNC(=O)OC(C)(C)C)CCCC1. The maximum atomic E-state index is 11.7. The van der Waals surface area contributed by atoms with Crippen LogP contribution in [0.4, 0.5) is 4.79 Å². The second kappa shape index (κ2) is 5.07. The fraction of sp³-hybridized carbons (Fsp3) is 0.846. The fourth-order valence-corrected chi connectivity index (χ4v) is 2.26. The van der Waals surface area contributed by atoms with E-state index in [9.17, 15) is 9.59 Å². The molecular formula is C13H23NO3. The van der Waals surface area contributed by atoms with Gasteiger partial charge in [-0.1, -0.05) is 12.8 Å². The second-order valence-corrected chi connectivity index (χ2v) is 5.90. The van der Waals surface area contributed by atoms with Crippen molar-refractivity contribution in [3.63, 3.8) is 0 Å². The Morgan fingerprint density at radius 1 is 1.24 bits per heavy atom. The summed E-state index contributed by atoms with van der Waals surface area (Å²) in [6.07, 6.45) is 3.44. The first-order chi connectivity index (χ1) is 7.75. The Balaban J connectivity index is 2.48. The minimum atomic E-state index is -0.497. The summed E-state index contributed by atoms with van der Waals surface area (Å²) in [4.78, 5) is 23.2. The molecule has 0 unspecified atom stereocenters. The molecule has 4 heteroatoms. The van der Waals surface area contributed by atoms with Crippen molar-refractivity contribution in [2.45, 2.75) is 59.0 Å². The number of amides is 1. The van der Waals surface area contributed by atoms with Gasteiger partial charge in [-0.2, -0.15) is 0 Å². The molecule has 0 aromatic heterocycles. The van der Waals surface area contributed by atoms with Crippen molar-refractivity contribution in [3.05, 3.63) is 0 Å². The number of ketones is 1. The first kappa shape index (κ1) is 14.0. The number of nitrogens with one attached hydrogen (secondary N) is 1. The number of alkyl carbamates (subject to hydrolysis) is 1. The molecule has 1 rings (SSSR count). The van der Waals surface area contributed by atoms with E-state index >= 15 is 0 Å². The molecule has 0 atom stereocenters. The van der Waals surface area contributed by atoms with Gasteiger partial charge in [0, 0.05) is 12.0 Å². The van der Waals surface area contributed by atoms with Gasteiger partial charge in [-0.15, -0.1) is 0 Å². The smallest absolute Gasteiger partial charge is 0.407 e. The molecule has 0 saturated heterocycles. The molecule has 98 valence electrons. The Kier molecular flexibility index (Phi) is 4.17. The Morgan fingerprint density at radius 2 is 1.76 bits per heavy atom. The van der Waals surface area contributed by atoms with Crippen molar-refractivity contribution >= 4 is 11.9 Å². The van der Waals surface area contributed by atoms with Crippen LogP contribution >= 0.6 is 0 Å². The average molecular weight is 241 g/mol. The van der Waals surface area contributed by atoms with Crippen LogP contribution < -0.4 is 5.32 Å². The van der Waals surface area contributed by atoms with E-state index in [4.69, 9.17) is 4.74 Å². The van der Waals surface area contributed by atoms with Gasteiger partial charge < -0.3 is 10.1 Å². The number of hydrogen-bond acceptors (Lipinski definition) is 3. The molecule has 1 N–H and O–H groups in total. The number of rotatable bonds is 3. The number of ether oxygens (including phenoxy) is 1. The molecule has 0 heterocycles. The lowest BCUT2D eigenvalue weighted by Gasteiger charge is -2.27. The Bertz CT molecular complexity index is 298. The number of carbonyl (C=O) groups is 2. The Morgan fingerprint density at radius 3 is 2.18 bits per heavy atom. The molecule has 0 aromatic carbocycles. The zero-order valence-electron chi connectivity index (χ0n) is 11.3. The molecule has 0 aromatic rings. The fourth-order valence-electron chi connectivity index (χ4n) is 2.26. The quantitative estimate of drug-likeness (QED) is 0.826. The highest BCUT2D eigenvalue weighted by Crippen LogP contribution is 2.38. The van der Waals surface area contributed by atoms with E-state index in [1.54, 1.807) is 6.92 Å². The highest BCUT2D eigenvalue weighted by Gasteiger charge is 2.38. The molecule has 0 bridgehead atoms. The average Bonchev–Trinajstić information content (AvgIpc) is 2.61. The standard InChI is InChI=1S/C13H23NO3/c1-10(15)13(7-5-6-8-13)9-14-11(16)17-12(2,3)4/h5-9H2,1-4H3,(H,14,16). The monoisotopic (exact) mass is 241 g/mol. The van der Waals surface area contributed by atoms with Crippen LogP contribution in [0.15, 0.2) is 0 Å². The maximum Gasteiger partial charge on any atom is 0.407 e. The van der Waals surface area contributed by atoms with E-state index < -0.39 is 11.7 Å². The second-order valence-electron chi connectivity index (χ2n) is 5.90. The molecule has 17 heavy (non-hydrogen) atoms. The van der Waals surface area contributed by atoms with E-state index in [-0.39, 0.29) is 11.2 Å². The molecule has 1 fully saturated rings. The van der Waals surface area contributed by atoms with Gasteiger partial charge in [0.2, 0.25) is 0 Å². The van der Waals surface area contributed by atoms with Crippen LogP contribution in [0.2, 0.25) is 0 Å². The van der Waals surface area contributed by atoms with Crippen molar-refractivity contribution in [3.8, 4) is 0 Å². The van der Waals surface area contributed by atoms with Crippen molar-refractivity contribution < 1.29 is 14.3 Å². The van der Waals surface area contributed by atoms with E-state index in [1.165, 1.54) is 0 Å². The van der Waals surface area contributed by atoms with Crippen LogP contribution in [0.1, 0.15) is 53.4 Å². The molecule has 4 nitrogen and oxygen atoms in total. The maximum absolute atomic E-state index is 11.7. The Hall–Kier alpha value is -1.06. The minimum Gasteiger partial charge on any atom is -0.444 e. The van der Waals surface area contributed by atoms with Gasteiger partial charge in [0.15, 0.2) is 0 Å². The normalized spacial score (nSPS) is 18.8. The third kappa shape index (κ3) is 4.02. The third-order valence-corrected chi connectivity index (χ3v) is 3.28. The van der Waals surface area contributed by atoms with Crippen molar-refractivity contribution in [2.75, 3.05) is 6.54 Å². The summed E-state index contributed by atoms with van der Waals surface area (Å²) in [5, 5.41) is 2.72. The van der Waals surface area contributed by atoms with Crippen LogP contribution in [-0.4, -0.2) is 24.0 Å². The summed E-state index contributed by atoms with van der Waals surface area (Å²) >= 11 is 0. The molecular weight excluding hydrogens is 218 g/mol. The zero-order valence-corrected chi connectivity index (χ0v) is 11.3. The van der Waals surface area contributed by atoms with E-state index in [0.29, 0.717) is 6.54 Å². The molecule has 0 spiro atoms. The van der Waals surface area contributed by atoms with Crippen LogP contribution in [0.25, 0.3) is 0 Å². The van der Waals surface area contributed by atoms with E-state index in [1.807, 2.05) is 20.8 Å². The summed E-state index contributed by atoms with van der Waals surface area (Å²) < 4.78 is 5.16. The van der Waals surface area contributed by atoms with Gasteiger partial charge in [-0.05, 0) is 40.5 Å². The van der Waals surface area contributed by atoms with Gasteiger partial charge >= 0.3 is 6.09 Å². The lowest BCUT2D eigenvalue weighted by Crippen LogP contribution is -2.42. The summed E-state index contributed by atoms with van der Waals surface area (Å²) in [6.45, 7) is 7.48. The molecule has 1 saturated carbocycles. The van der Waals surface area contributed by atoms with Crippen molar-refractivity contribution in [1.29, 1.82) is 0 Å². The number of hydrogen-bond donors (Lipinski definition) is 1. The van der Waals surface area contributed by atoms with Crippen LogP contribution in [-0.2, 0) is 9.53 Å². The van der Waals surface area contributed by atoms with Crippen LogP contribution in [0.3, 0.4) is 0 Å². The predicted molar refractivity (Wildman–Crippen MR) is 65.8 cm³/mol. The highest BCUT2D eigenvalue weighted by atomic mass is 16.6. The lowest BCUT2D eigenvalue weighted by molar-refractivity contribution is -0.126. The molecule has 0 radical (unpaired) electrons. The predicted octanol–water partition coefficient (Wildman–Crippen LogP) is 2.66. The molecule has 0 aliphatic heterocycles. The van der Waals surface area contributed by atoms with E-state index in [2.05, 4.69) is 5.32 Å². The Labute approximate surface area is 103 Å². The van der Waals surface area contributed by atoms with Gasteiger partial charge in [0.25, 0.3) is 0 Å².